The molecule has 2 heterocycles. The molecule has 0 unspecified atom stereocenters. The zero-order chi connectivity index (χ0) is 26.0. The number of primary amides is 1. The normalized spacial score (nSPS) is 22.5. The van der Waals surface area contributed by atoms with Crippen molar-refractivity contribution in [3.63, 3.8) is 0 Å². The zero-order valence-corrected chi connectivity index (χ0v) is 22.8. The minimum absolute atomic E-state index is 0.0255. The molecule has 1 atom stereocenters. The lowest BCUT2D eigenvalue weighted by atomic mass is 9.81. The summed E-state index contributed by atoms with van der Waals surface area (Å²) in [7, 11) is -3.25. The molecule has 0 bridgehead atoms. The zero-order valence-electron chi connectivity index (χ0n) is 21.2. The molecule has 196 valence electrons. The first kappa shape index (κ1) is 26.8. The van der Waals surface area contributed by atoms with Crippen molar-refractivity contribution in [2.75, 3.05) is 17.6 Å². The SMILES string of the molecule is CCS(=O)(=O)c1ccc(CC(=O)Nc2nc3c(s2)CN(C[C@H]2CC[C@H](C(N)=O)CC2)[C@H]3C(C)C)cc1. The number of hydrogen-bond donors (Lipinski definition) is 2. The van der Waals surface area contributed by atoms with Crippen molar-refractivity contribution in [1.29, 1.82) is 0 Å². The Kier molecular flexibility index (Phi) is 8.16. The van der Waals surface area contributed by atoms with Crippen molar-refractivity contribution in [2.45, 2.75) is 70.4 Å². The number of benzene rings is 1. The van der Waals surface area contributed by atoms with Crippen LogP contribution in [0.3, 0.4) is 0 Å². The number of nitrogens with zero attached hydrogens (tertiary/aromatic N) is 2. The highest BCUT2D eigenvalue weighted by Gasteiger charge is 2.38. The second-order valence-corrected chi connectivity index (χ2v) is 13.7. The molecular weight excluding hydrogens is 496 g/mol. The van der Waals surface area contributed by atoms with E-state index in [-0.39, 0.29) is 40.8 Å². The average molecular weight is 533 g/mol. The van der Waals surface area contributed by atoms with E-state index in [1.54, 1.807) is 31.2 Å². The fourth-order valence-corrected chi connectivity index (χ4v) is 7.35. The quantitative estimate of drug-likeness (QED) is 0.505. The van der Waals surface area contributed by atoms with E-state index in [1.165, 1.54) is 16.2 Å². The number of aromatic nitrogens is 1. The maximum absolute atomic E-state index is 12.7. The molecule has 0 spiro atoms. The summed E-state index contributed by atoms with van der Waals surface area (Å²) in [6.45, 7) is 7.84. The fraction of sp³-hybridized carbons (Fsp3) is 0.577. The van der Waals surface area contributed by atoms with Gasteiger partial charge in [-0.2, -0.15) is 0 Å². The van der Waals surface area contributed by atoms with E-state index in [2.05, 4.69) is 24.1 Å². The summed E-state index contributed by atoms with van der Waals surface area (Å²) in [6, 6.07) is 6.70. The van der Waals surface area contributed by atoms with Crippen LogP contribution in [0.25, 0.3) is 0 Å². The molecule has 0 saturated heterocycles. The van der Waals surface area contributed by atoms with Gasteiger partial charge in [0.1, 0.15) is 0 Å². The Balaban J connectivity index is 1.36. The maximum Gasteiger partial charge on any atom is 0.230 e. The summed E-state index contributed by atoms with van der Waals surface area (Å²) in [4.78, 5) is 32.9. The second-order valence-electron chi connectivity index (χ2n) is 10.3. The van der Waals surface area contributed by atoms with Crippen LogP contribution in [0.1, 0.15) is 68.6 Å². The summed E-state index contributed by atoms with van der Waals surface area (Å²) >= 11 is 1.54. The molecule has 1 aliphatic carbocycles. The highest BCUT2D eigenvalue weighted by molar-refractivity contribution is 7.91. The van der Waals surface area contributed by atoms with Gasteiger partial charge in [-0.25, -0.2) is 13.4 Å². The summed E-state index contributed by atoms with van der Waals surface area (Å²) < 4.78 is 24.0. The Labute approximate surface area is 217 Å². The molecule has 0 radical (unpaired) electrons. The third-order valence-electron chi connectivity index (χ3n) is 7.39. The first-order chi connectivity index (χ1) is 17.1. The van der Waals surface area contributed by atoms with Crippen LogP contribution in [0.4, 0.5) is 5.13 Å². The van der Waals surface area contributed by atoms with E-state index in [1.807, 2.05) is 0 Å². The van der Waals surface area contributed by atoms with Crippen LogP contribution in [0.15, 0.2) is 29.2 Å². The van der Waals surface area contributed by atoms with Crippen LogP contribution in [0.2, 0.25) is 0 Å². The van der Waals surface area contributed by atoms with E-state index >= 15 is 0 Å². The van der Waals surface area contributed by atoms with Crippen LogP contribution >= 0.6 is 11.3 Å². The molecule has 8 nitrogen and oxygen atoms in total. The van der Waals surface area contributed by atoms with Crippen LogP contribution in [0, 0.1) is 17.8 Å². The first-order valence-corrected chi connectivity index (χ1v) is 15.2. The average Bonchev–Trinajstić information content (AvgIpc) is 3.35. The van der Waals surface area contributed by atoms with E-state index in [0.29, 0.717) is 17.0 Å². The number of nitrogens with one attached hydrogen (secondary N) is 1. The van der Waals surface area contributed by atoms with Crippen molar-refractivity contribution in [3.05, 3.63) is 40.4 Å². The van der Waals surface area contributed by atoms with Gasteiger partial charge in [-0.1, -0.05) is 32.9 Å². The number of hydrogen-bond acceptors (Lipinski definition) is 7. The van der Waals surface area contributed by atoms with E-state index in [0.717, 1.165) is 50.0 Å². The molecule has 2 aromatic rings. The monoisotopic (exact) mass is 532 g/mol. The molecule has 1 fully saturated rings. The Morgan fingerprint density at radius 1 is 1.17 bits per heavy atom. The number of nitrogens with two attached hydrogens (primary N) is 1. The van der Waals surface area contributed by atoms with Crippen molar-refractivity contribution >= 4 is 38.1 Å². The van der Waals surface area contributed by atoms with Gasteiger partial charge in [-0.3, -0.25) is 14.5 Å². The highest BCUT2D eigenvalue weighted by Crippen LogP contribution is 2.43. The van der Waals surface area contributed by atoms with Crippen molar-refractivity contribution in [2.24, 2.45) is 23.5 Å². The van der Waals surface area contributed by atoms with Crippen molar-refractivity contribution in [1.82, 2.24) is 9.88 Å². The predicted molar refractivity (Wildman–Crippen MR) is 141 cm³/mol. The largest absolute Gasteiger partial charge is 0.369 e. The highest BCUT2D eigenvalue weighted by atomic mass is 32.2. The molecule has 1 aliphatic heterocycles. The van der Waals surface area contributed by atoms with Crippen LogP contribution < -0.4 is 11.1 Å². The minimum Gasteiger partial charge on any atom is -0.369 e. The van der Waals surface area contributed by atoms with Gasteiger partial charge in [0.25, 0.3) is 0 Å². The number of carbonyl (C=O) groups is 2. The fourth-order valence-electron chi connectivity index (χ4n) is 5.42. The Morgan fingerprint density at radius 2 is 1.83 bits per heavy atom. The Bertz CT molecular complexity index is 1200. The number of thiazole rings is 1. The molecule has 4 rings (SSSR count). The van der Waals surface area contributed by atoms with Gasteiger partial charge < -0.3 is 11.1 Å². The van der Waals surface area contributed by atoms with Crippen molar-refractivity contribution < 1.29 is 18.0 Å². The number of anilines is 1. The van der Waals surface area contributed by atoms with Gasteiger partial charge in [-0.15, -0.1) is 11.3 Å². The second kappa shape index (κ2) is 11.0. The van der Waals surface area contributed by atoms with Gasteiger partial charge in [0, 0.05) is 23.9 Å². The topological polar surface area (TPSA) is 122 Å². The lowest BCUT2D eigenvalue weighted by Crippen LogP contribution is -2.35. The van der Waals surface area contributed by atoms with Gasteiger partial charge in [0.2, 0.25) is 11.8 Å². The summed E-state index contributed by atoms with van der Waals surface area (Å²) in [5.41, 5.74) is 7.31. The van der Waals surface area contributed by atoms with E-state index < -0.39 is 9.84 Å². The van der Waals surface area contributed by atoms with Crippen LogP contribution in [-0.4, -0.2) is 42.4 Å². The smallest absolute Gasteiger partial charge is 0.230 e. The first-order valence-electron chi connectivity index (χ1n) is 12.7. The van der Waals surface area contributed by atoms with Crippen LogP contribution in [-0.2, 0) is 32.4 Å². The number of fused-ring (bicyclic) bond motifs is 1. The van der Waals surface area contributed by atoms with Crippen LogP contribution in [0.5, 0.6) is 0 Å². The standard InChI is InChI=1S/C26H36N4O4S2/c1-4-36(33,34)20-11-7-17(8-12-20)13-22(31)28-26-29-23-21(35-26)15-30(24(23)16(2)3)14-18-5-9-19(10-6-18)25(27)32/h7-8,11-12,16,18-19,24H,4-6,9-10,13-15H2,1-3H3,(H2,27,32)(H,28,29,31)/t18-,19-,24-/m0/s1. The molecule has 10 heteroatoms. The molecular formula is C26H36N4O4S2. The van der Waals surface area contributed by atoms with Gasteiger partial charge in [-0.05, 0) is 55.2 Å². The molecule has 3 N–H and O–H groups in total. The van der Waals surface area contributed by atoms with Gasteiger partial charge in [0.15, 0.2) is 15.0 Å². The van der Waals surface area contributed by atoms with Crippen molar-refractivity contribution in [3.8, 4) is 0 Å². The summed E-state index contributed by atoms with van der Waals surface area (Å²) in [6.07, 6.45) is 3.98. The number of carbonyl (C=O) groups excluding carboxylic acids is 2. The molecule has 2 amide bonds. The van der Waals surface area contributed by atoms with E-state index in [4.69, 9.17) is 10.7 Å². The number of amides is 2. The van der Waals surface area contributed by atoms with Gasteiger partial charge >= 0.3 is 0 Å². The maximum atomic E-state index is 12.7. The van der Waals surface area contributed by atoms with E-state index in [9.17, 15) is 18.0 Å². The third kappa shape index (κ3) is 5.98. The molecule has 2 aliphatic rings. The minimum atomic E-state index is -3.25. The lowest BCUT2D eigenvalue weighted by molar-refractivity contribution is -0.123. The summed E-state index contributed by atoms with van der Waals surface area (Å²) in [5.74, 6) is 0.685. The Morgan fingerprint density at radius 3 is 2.42 bits per heavy atom. The summed E-state index contributed by atoms with van der Waals surface area (Å²) in [5, 5.41) is 3.55. The predicted octanol–water partition coefficient (Wildman–Crippen LogP) is 3.92. The number of sulfone groups is 1. The third-order valence-corrected chi connectivity index (χ3v) is 10.1. The molecule has 1 aromatic carbocycles. The van der Waals surface area contributed by atoms with Gasteiger partial charge in [0.05, 0.1) is 28.8 Å². The Hall–Kier alpha value is -2.30. The molecule has 1 aromatic heterocycles. The number of rotatable bonds is 9. The molecule has 36 heavy (non-hydrogen) atoms. The lowest BCUT2D eigenvalue weighted by Gasteiger charge is -2.34. The molecule has 1 saturated carbocycles.